The third-order valence-electron chi connectivity index (χ3n) is 2.42. The minimum absolute atomic E-state index is 0.0296. The van der Waals surface area contributed by atoms with Crippen LogP contribution in [0, 0.1) is 6.92 Å². The fraction of sp³-hybridized carbons (Fsp3) is 0.200. The molecule has 2 aromatic rings. The molecule has 108 valence electrons. The zero-order valence-corrected chi connectivity index (χ0v) is 11.5. The highest BCUT2D eigenvalue weighted by atomic mass is 35.7. The molecular formula is C10H7ClF3N3O2S. The lowest BCUT2D eigenvalue weighted by Gasteiger charge is -2.07. The average molecular weight is 326 g/mol. The van der Waals surface area contributed by atoms with Gasteiger partial charge in [-0.15, -0.1) is 0 Å². The van der Waals surface area contributed by atoms with Crippen LogP contribution in [-0.4, -0.2) is 23.2 Å². The highest BCUT2D eigenvalue weighted by Gasteiger charge is 2.32. The van der Waals surface area contributed by atoms with Gasteiger partial charge in [0.2, 0.25) is 0 Å². The minimum Gasteiger partial charge on any atom is -0.252 e. The van der Waals surface area contributed by atoms with E-state index in [2.05, 4.69) is 10.1 Å². The van der Waals surface area contributed by atoms with Gasteiger partial charge in [0, 0.05) is 16.9 Å². The maximum Gasteiger partial charge on any atom is 0.433 e. The molecule has 0 N–H and O–H groups in total. The van der Waals surface area contributed by atoms with E-state index >= 15 is 0 Å². The average Bonchev–Trinajstić information content (AvgIpc) is 2.70. The largest absolute Gasteiger partial charge is 0.433 e. The second kappa shape index (κ2) is 4.74. The van der Waals surface area contributed by atoms with Crippen LogP contribution in [0.15, 0.2) is 29.4 Å². The summed E-state index contributed by atoms with van der Waals surface area (Å²) in [5, 5.41) is 3.83. The zero-order valence-electron chi connectivity index (χ0n) is 9.89. The van der Waals surface area contributed by atoms with Crippen molar-refractivity contribution < 1.29 is 21.6 Å². The van der Waals surface area contributed by atoms with Crippen molar-refractivity contribution in [2.75, 3.05) is 0 Å². The maximum absolute atomic E-state index is 12.5. The Morgan fingerprint density at radius 2 is 2.00 bits per heavy atom. The summed E-state index contributed by atoms with van der Waals surface area (Å²) in [5.41, 5.74) is -0.981. The van der Waals surface area contributed by atoms with Gasteiger partial charge in [0.05, 0.1) is 17.6 Å². The van der Waals surface area contributed by atoms with Crippen molar-refractivity contribution in [3.8, 4) is 5.69 Å². The Bertz CT molecular complexity index is 755. The smallest absolute Gasteiger partial charge is 0.252 e. The predicted molar refractivity (Wildman–Crippen MR) is 64.1 cm³/mol. The van der Waals surface area contributed by atoms with Crippen LogP contribution in [0.3, 0.4) is 0 Å². The Morgan fingerprint density at radius 1 is 1.35 bits per heavy atom. The maximum atomic E-state index is 12.5. The van der Waals surface area contributed by atoms with Gasteiger partial charge in [-0.3, -0.25) is 4.98 Å². The molecule has 0 saturated heterocycles. The summed E-state index contributed by atoms with van der Waals surface area (Å²) in [6.45, 7) is 1.39. The third kappa shape index (κ3) is 2.93. The fourth-order valence-electron chi connectivity index (χ4n) is 1.53. The van der Waals surface area contributed by atoms with E-state index in [1.165, 1.54) is 13.0 Å². The Morgan fingerprint density at radius 3 is 2.50 bits per heavy atom. The van der Waals surface area contributed by atoms with Crippen LogP contribution < -0.4 is 0 Å². The van der Waals surface area contributed by atoms with Gasteiger partial charge in [-0.05, 0) is 19.1 Å². The number of hydrogen-bond donors (Lipinski definition) is 0. The van der Waals surface area contributed by atoms with E-state index in [0.29, 0.717) is 0 Å². The van der Waals surface area contributed by atoms with Crippen LogP contribution in [0.4, 0.5) is 13.2 Å². The molecule has 0 unspecified atom stereocenters. The van der Waals surface area contributed by atoms with Gasteiger partial charge in [-0.25, -0.2) is 13.1 Å². The molecule has 2 heterocycles. The van der Waals surface area contributed by atoms with Crippen molar-refractivity contribution in [2.45, 2.75) is 18.0 Å². The molecule has 2 aromatic heterocycles. The van der Waals surface area contributed by atoms with Crippen LogP contribution in [-0.2, 0) is 15.2 Å². The molecule has 10 heteroatoms. The molecule has 0 saturated carbocycles. The van der Waals surface area contributed by atoms with E-state index in [4.69, 9.17) is 10.7 Å². The van der Waals surface area contributed by atoms with Gasteiger partial charge < -0.3 is 0 Å². The second-order valence-electron chi connectivity index (χ2n) is 3.86. The van der Waals surface area contributed by atoms with Crippen molar-refractivity contribution in [2.24, 2.45) is 0 Å². The number of aryl methyl sites for hydroxylation is 1. The number of halogens is 4. The lowest BCUT2D eigenvalue weighted by atomic mass is 10.3. The summed E-state index contributed by atoms with van der Waals surface area (Å²) < 4.78 is 61.1. The number of alkyl halides is 3. The first kappa shape index (κ1) is 14.8. The number of aromatic nitrogens is 3. The Hall–Kier alpha value is -1.61. The van der Waals surface area contributed by atoms with Crippen molar-refractivity contribution in [1.29, 1.82) is 0 Å². The number of pyridine rings is 1. The molecule has 0 radical (unpaired) electrons. The SMILES string of the molecule is Cc1nn(-c2ccnc(C(F)(F)F)c2)cc1S(=O)(=O)Cl. The van der Waals surface area contributed by atoms with Gasteiger partial charge >= 0.3 is 6.18 Å². The Labute approximate surface area is 116 Å². The summed E-state index contributed by atoms with van der Waals surface area (Å²) in [7, 11) is 1.19. The van der Waals surface area contributed by atoms with Crippen molar-refractivity contribution in [3.05, 3.63) is 35.9 Å². The predicted octanol–water partition coefficient (Wildman–Crippen LogP) is 2.52. The summed E-state index contributed by atoms with van der Waals surface area (Å²) >= 11 is 0. The summed E-state index contributed by atoms with van der Waals surface area (Å²) in [6.07, 6.45) is -2.59. The molecule has 0 bridgehead atoms. The Balaban J connectivity index is 2.54. The molecule has 0 aliphatic rings. The van der Waals surface area contributed by atoms with E-state index in [0.717, 1.165) is 23.1 Å². The van der Waals surface area contributed by atoms with E-state index < -0.39 is 20.9 Å². The van der Waals surface area contributed by atoms with Crippen LogP contribution >= 0.6 is 10.7 Å². The summed E-state index contributed by atoms with van der Waals surface area (Å²) in [6, 6.07) is 2.03. The number of rotatable bonds is 2. The molecule has 5 nitrogen and oxygen atoms in total. The molecule has 0 aromatic carbocycles. The summed E-state index contributed by atoms with van der Waals surface area (Å²) in [4.78, 5) is 2.94. The lowest BCUT2D eigenvalue weighted by molar-refractivity contribution is -0.141. The molecule has 0 fully saturated rings. The number of hydrogen-bond acceptors (Lipinski definition) is 4. The monoisotopic (exact) mass is 325 g/mol. The normalized spacial score (nSPS) is 12.7. The highest BCUT2D eigenvalue weighted by Crippen LogP contribution is 2.29. The molecule has 0 aliphatic carbocycles. The summed E-state index contributed by atoms with van der Waals surface area (Å²) in [5.74, 6) is 0. The van der Waals surface area contributed by atoms with Crippen LogP contribution in [0.1, 0.15) is 11.4 Å². The quantitative estimate of drug-likeness (QED) is 0.796. The molecule has 0 spiro atoms. The van der Waals surface area contributed by atoms with Crippen molar-refractivity contribution in [1.82, 2.24) is 14.8 Å². The highest BCUT2D eigenvalue weighted by molar-refractivity contribution is 8.13. The molecule has 0 aliphatic heterocycles. The molecule has 20 heavy (non-hydrogen) atoms. The van der Waals surface area contributed by atoms with E-state index in [9.17, 15) is 21.6 Å². The van der Waals surface area contributed by atoms with E-state index in [1.807, 2.05) is 0 Å². The van der Waals surface area contributed by atoms with E-state index in [1.54, 1.807) is 0 Å². The standard InChI is InChI=1S/C10H7ClF3N3O2S/c1-6-8(20(11,18)19)5-17(16-6)7-2-3-15-9(4-7)10(12,13)14/h2-5H,1H3. The number of nitrogens with zero attached hydrogens (tertiary/aromatic N) is 3. The van der Waals surface area contributed by atoms with Crippen LogP contribution in [0.25, 0.3) is 5.69 Å². The lowest BCUT2D eigenvalue weighted by Crippen LogP contribution is -2.09. The minimum atomic E-state index is -4.60. The van der Waals surface area contributed by atoms with Gasteiger partial charge in [0.15, 0.2) is 0 Å². The van der Waals surface area contributed by atoms with E-state index in [-0.39, 0.29) is 16.3 Å². The zero-order chi connectivity index (χ0) is 15.1. The Kier molecular flexibility index (Phi) is 3.51. The topological polar surface area (TPSA) is 64.8 Å². The van der Waals surface area contributed by atoms with Crippen molar-refractivity contribution in [3.63, 3.8) is 0 Å². The van der Waals surface area contributed by atoms with Gasteiger partial charge in [0.25, 0.3) is 9.05 Å². The first-order valence-electron chi connectivity index (χ1n) is 5.13. The second-order valence-corrected chi connectivity index (χ2v) is 6.39. The molecule has 2 rings (SSSR count). The third-order valence-corrected chi connectivity index (χ3v) is 3.84. The van der Waals surface area contributed by atoms with Gasteiger partial charge in [-0.2, -0.15) is 18.3 Å². The van der Waals surface area contributed by atoms with Gasteiger partial charge in [-0.1, -0.05) is 0 Å². The molecule has 0 amide bonds. The van der Waals surface area contributed by atoms with Crippen LogP contribution in [0.5, 0.6) is 0 Å². The first-order valence-corrected chi connectivity index (χ1v) is 7.44. The van der Waals surface area contributed by atoms with Crippen molar-refractivity contribution >= 4 is 19.7 Å². The van der Waals surface area contributed by atoms with Crippen LogP contribution in [0.2, 0.25) is 0 Å². The first-order chi connectivity index (χ1) is 9.09. The molecular weight excluding hydrogens is 319 g/mol. The van der Waals surface area contributed by atoms with Gasteiger partial charge in [0.1, 0.15) is 10.6 Å². The fourth-order valence-corrected chi connectivity index (χ4v) is 2.61. The molecule has 0 atom stereocenters.